The molecule has 6 heteroatoms. The molecule has 0 spiro atoms. The van der Waals surface area contributed by atoms with Gasteiger partial charge in [0, 0.05) is 13.1 Å². The smallest absolute Gasteiger partial charge is 0.410 e. The summed E-state index contributed by atoms with van der Waals surface area (Å²) in [5.74, 6) is -1.10. The summed E-state index contributed by atoms with van der Waals surface area (Å²) in [6.45, 7) is 8.02. The second-order valence-electron chi connectivity index (χ2n) is 6.28. The molecule has 6 nitrogen and oxygen atoms in total. The number of ether oxygens (including phenoxy) is 1. The lowest BCUT2D eigenvalue weighted by molar-refractivity contribution is -0.187. The van der Waals surface area contributed by atoms with Gasteiger partial charge in [0.1, 0.15) is 11.0 Å². The first kappa shape index (κ1) is 14.8. The number of hydrogen-bond acceptors (Lipinski definition) is 4. The van der Waals surface area contributed by atoms with E-state index < -0.39 is 28.7 Å². The number of carbonyl (C=O) groups excluding carboxylic acids is 1. The van der Waals surface area contributed by atoms with Crippen LogP contribution in [0.3, 0.4) is 0 Å². The summed E-state index contributed by atoms with van der Waals surface area (Å²) in [6, 6.07) is 0. The average Bonchev–Trinajstić information content (AvgIpc) is 1.92. The number of aliphatic hydroxyl groups is 1. The van der Waals surface area contributed by atoms with Crippen LogP contribution in [0.2, 0.25) is 0 Å². The van der Waals surface area contributed by atoms with Gasteiger partial charge >= 0.3 is 12.1 Å². The number of carboxylic acid groups (broad SMARTS) is 1. The van der Waals surface area contributed by atoms with Crippen molar-refractivity contribution in [1.82, 2.24) is 4.90 Å². The van der Waals surface area contributed by atoms with Crippen LogP contribution in [0.15, 0.2) is 0 Å². The van der Waals surface area contributed by atoms with Crippen LogP contribution < -0.4 is 0 Å². The highest BCUT2D eigenvalue weighted by Gasteiger charge is 2.60. The van der Waals surface area contributed by atoms with E-state index in [0.29, 0.717) is 0 Å². The first-order valence-corrected chi connectivity index (χ1v) is 5.83. The Morgan fingerprint density at radius 2 is 1.61 bits per heavy atom. The zero-order valence-corrected chi connectivity index (χ0v) is 11.5. The number of hydrogen-bond donors (Lipinski definition) is 2. The van der Waals surface area contributed by atoms with Gasteiger partial charge in [-0.3, -0.25) is 4.79 Å². The Balaban J connectivity index is 2.72. The molecule has 0 bridgehead atoms. The van der Waals surface area contributed by atoms with E-state index in [4.69, 9.17) is 4.74 Å². The topological polar surface area (TPSA) is 87.1 Å². The molecule has 0 radical (unpaired) electrons. The molecular weight excluding hydrogens is 238 g/mol. The van der Waals surface area contributed by atoms with Gasteiger partial charge in [0.2, 0.25) is 0 Å². The van der Waals surface area contributed by atoms with Crippen molar-refractivity contribution < 1.29 is 24.5 Å². The Bertz CT molecular complexity index is 358. The van der Waals surface area contributed by atoms with Crippen molar-refractivity contribution in [2.24, 2.45) is 5.41 Å². The number of carboxylic acids is 1. The van der Waals surface area contributed by atoms with Crippen molar-refractivity contribution in [2.45, 2.75) is 45.8 Å². The van der Waals surface area contributed by atoms with Gasteiger partial charge in [-0.1, -0.05) is 0 Å². The number of aliphatic carboxylic acids is 1. The maximum Gasteiger partial charge on any atom is 0.410 e. The first-order chi connectivity index (χ1) is 7.89. The van der Waals surface area contributed by atoms with Crippen LogP contribution in [0.4, 0.5) is 4.79 Å². The predicted molar refractivity (Wildman–Crippen MR) is 64.2 cm³/mol. The van der Waals surface area contributed by atoms with Crippen LogP contribution in [0.1, 0.15) is 34.6 Å². The second kappa shape index (κ2) is 4.12. The molecule has 1 aliphatic rings. The van der Waals surface area contributed by atoms with Crippen molar-refractivity contribution in [2.75, 3.05) is 13.1 Å². The van der Waals surface area contributed by atoms with Crippen LogP contribution in [0.25, 0.3) is 0 Å². The molecule has 1 saturated heterocycles. The molecule has 1 fully saturated rings. The summed E-state index contributed by atoms with van der Waals surface area (Å²) in [7, 11) is 0. The van der Waals surface area contributed by atoms with Crippen LogP contribution in [-0.2, 0) is 9.53 Å². The van der Waals surface area contributed by atoms with E-state index in [9.17, 15) is 19.8 Å². The molecule has 1 heterocycles. The minimum atomic E-state index is -1.39. The Morgan fingerprint density at radius 3 is 1.89 bits per heavy atom. The highest BCUT2D eigenvalue weighted by molar-refractivity contribution is 5.82. The van der Waals surface area contributed by atoms with Crippen LogP contribution in [0.5, 0.6) is 0 Å². The largest absolute Gasteiger partial charge is 0.481 e. The van der Waals surface area contributed by atoms with Crippen molar-refractivity contribution in [3.63, 3.8) is 0 Å². The zero-order chi connectivity index (χ0) is 14.4. The van der Waals surface area contributed by atoms with Gasteiger partial charge in [-0.2, -0.15) is 0 Å². The summed E-state index contributed by atoms with van der Waals surface area (Å²) in [6.07, 6.45) is -0.552. The number of carbonyl (C=O) groups is 2. The van der Waals surface area contributed by atoms with E-state index in [1.807, 2.05) is 0 Å². The molecule has 0 aliphatic carbocycles. The summed E-state index contributed by atoms with van der Waals surface area (Å²) in [5.41, 5.74) is -3.32. The van der Waals surface area contributed by atoms with Gasteiger partial charge in [-0.15, -0.1) is 0 Å². The molecule has 0 aromatic rings. The minimum absolute atomic E-state index is 0.0409. The van der Waals surface area contributed by atoms with E-state index in [0.717, 1.165) is 0 Å². The van der Waals surface area contributed by atoms with Crippen LogP contribution in [-0.4, -0.2) is 51.5 Å². The fourth-order valence-electron chi connectivity index (χ4n) is 1.84. The van der Waals surface area contributed by atoms with Gasteiger partial charge in [0.05, 0.1) is 5.60 Å². The normalized spacial score (nSPS) is 19.1. The highest BCUT2D eigenvalue weighted by Crippen LogP contribution is 2.41. The van der Waals surface area contributed by atoms with Gasteiger partial charge < -0.3 is 19.8 Å². The van der Waals surface area contributed by atoms with E-state index >= 15 is 0 Å². The number of rotatable bonds is 2. The molecule has 2 N–H and O–H groups in total. The molecular formula is C12H21NO5. The minimum Gasteiger partial charge on any atom is -0.481 e. The Kier molecular flexibility index (Phi) is 3.38. The monoisotopic (exact) mass is 259 g/mol. The fourth-order valence-corrected chi connectivity index (χ4v) is 1.84. The van der Waals surface area contributed by atoms with Gasteiger partial charge in [-0.25, -0.2) is 4.79 Å². The van der Waals surface area contributed by atoms with Crippen molar-refractivity contribution in [3.05, 3.63) is 0 Å². The summed E-state index contributed by atoms with van der Waals surface area (Å²) in [5, 5.41) is 19.1. The molecule has 1 rings (SSSR count). The molecule has 0 aromatic carbocycles. The molecule has 0 atom stereocenters. The summed E-state index contributed by atoms with van der Waals surface area (Å²) < 4.78 is 5.14. The van der Waals surface area contributed by atoms with Gasteiger partial charge in [0.25, 0.3) is 0 Å². The van der Waals surface area contributed by atoms with Crippen molar-refractivity contribution in [1.29, 1.82) is 0 Å². The third-order valence-corrected chi connectivity index (χ3v) is 3.15. The summed E-state index contributed by atoms with van der Waals surface area (Å²) in [4.78, 5) is 24.3. The molecule has 1 amide bonds. The molecule has 0 unspecified atom stereocenters. The zero-order valence-electron chi connectivity index (χ0n) is 11.5. The molecule has 0 aromatic heterocycles. The third-order valence-electron chi connectivity index (χ3n) is 3.15. The van der Waals surface area contributed by atoms with Crippen molar-refractivity contribution in [3.8, 4) is 0 Å². The Hall–Kier alpha value is -1.30. The standard InChI is InChI=1S/C12H21NO5/c1-10(2,3)18-9(16)13-6-12(7-13,8(14)15)11(4,5)17/h17H,6-7H2,1-5H3,(H,14,15). The van der Waals surface area contributed by atoms with E-state index in [1.165, 1.54) is 18.7 Å². The van der Waals surface area contributed by atoms with Crippen LogP contribution in [0, 0.1) is 5.41 Å². The first-order valence-electron chi connectivity index (χ1n) is 5.83. The Labute approximate surface area is 107 Å². The SMILES string of the molecule is CC(C)(C)OC(=O)N1CC(C(=O)O)(C(C)(C)O)C1. The lowest BCUT2D eigenvalue weighted by Crippen LogP contribution is -2.70. The maximum absolute atomic E-state index is 11.7. The average molecular weight is 259 g/mol. The van der Waals surface area contributed by atoms with Crippen molar-refractivity contribution >= 4 is 12.1 Å². The van der Waals surface area contributed by atoms with E-state index in [2.05, 4.69) is 0 Å². The predicted octanol–water partition coefficient (Wildman–Crippen LogP) is 1.08. The lowest BCUT2D eigenvalue weighted by atomic mass is 9.68. The second-order valence-corrected chi connectivity index (χ2v) is 6.28. The maximum atomic E-state index is 11.7. The van der Waals surface area contributed by atoms with Gasteiger partial charge in [-0.05, 0) is 34.6 Å². The van der Waals surface area contributed by atoms with E-state index in [1.54, 1.807) is 20.8 Å². The number of amides is 1. The highest BCUT2D eigenvalue weighted by atomic mass is 16.6. The molecule has 1 aliphatic heterocycles. The fraction of sp³-hybridized carbons (Fsp3) is 0.833. The number of nitrogens with zero attached hydrogens (tertiary/aromatic N) is 1. The summed E-state index contributed by atoms with van der Waals surface area (Å²) >= 11 is 0. The van der Waals surface area contributed by atoms with E-state index in [-0.39, 0.29) is 13.1 Å². The van der Waals surface area contributed by atoms with Crippen LogP contribution >= 0.6 is 0 Å². The van der Waals surface area contributed by atoms with Gasteiger partial charge in [0.15, 0.2) is 0 Å². The molecule has 0 saturated carbocycles. The third kappa shape index (κ3) is 2.58. The molecule has 104 valence electrons. The quantitative estimate of drug-likeness (QED) is 0.774. The number of likely N-dealkylation sites (tertiary alicyclic amines) is 1. The Morgan fingerprint density at radius 1 is 1.17 bits per heavy atom. The molecule has 18 heavy (non-hydrogen) atoms. The lowest BCUT2D eigenvalue weighted by Gasteiger charge is -2.52.